The number of carbonyl (C=O) groups excluding carboxylic acids is 1. The number of benzene rings is 2. The molecule has 0 aliphatic heterocycles. The molecule has 2 aromatic rings. The standard InChI is InChI=1S/C15H14FN3O2/c1-9-5-6-10(14(17)19-21)8-13(9)18-15(20)11-3-2-4-12(16)7-11/h2-8,21H,1H3,(H2,17,19)(H,18,20). The molecule has 5 nitrogen and oxygen atoms in total. The Morgan fingerprint density at radius 3 is 2.67 bits per heavy atom. The molecule has 0 fully saturated rings. The van der Waals surface area contributed by atoms with Crippen LogP contribution in [0.4, 0.5) is 10.1 Å². The summed E-state index contributed by atoms with van der Waals surface area (Å²) in [7, 11) is 0. The van der Waals surface area contributed by atoms with Crippen LogP contribution in [0.5, 0.6) is 0 Å². The van der Waals surface area contributed by atoms with Crippen molar-refractivity contribution in [1.82, 2.24) is 0 Å². The minimum Gasteiger partial charge on any atom is -0.409 e. The predicted octanol–water partition coefficient (Wildman–Crippen LogP) is 2.48. The Balaban J connectivity index is 2.29. The van der Waals surface area contributed by atoms with Gasteiger partial charge in [-0.3, -0.25) is 4.79 Å². The summed E-state index contributed by atoms with van der Waals surface area (Å²) in [4.78, 5) is 12.1. The quantitative estimate of drug-likeness (QED) is 0.351. The number of anilines is 1. The Hall–Kier alpha value is -2.89. The van der Waals surface area contributed by atoms with Gasteiger partial charge in [0.2, 0.25) is 0 Å². The van der Waals surface area contributed by atoms with Gasteiger partial charge in [-0.1, -0.05) is 23.4 Å². The van der Waals surface area contributed by atoms with Crippen molar-refractivity contribution in [1.29, 1.82) is 0 Å². The van der Waals surface area contributed by atoms with E-state index < -0.39 is 11.7 Å². The van der Waals surface area contributed by atoms with Crippen LogP contribution < -0.4 is 11.1 Å². The van der Waals surface area contributed by atoms with Crippen LogP contribution in [0, 0.1) is 12.7 Å². The normalized spacial score (nSPS) is 11.2. The van der Waals surface area contributed by atoms with Crippen LogP contribution in [-0.4, -0.2) is 17.0 Å². The zero-order valence-electron chi connectivity index (χ0n) is 11.3. The van der Waals surface area contributed by atoms with Gasteiger partial charge in [0.1, 0.15) is 5.82 Å². The van der Waals surface area contributed by atoms with E-state index in [-0.39, 0.29) is 11.4 Å². The lowest BCUT2D eigenvalue weighted by Crippen LogP contribution is -2.16. The summed E-state index contributed by atoms with van der Waals surface area (Å²) >= 11 is 0. The molecule has 2 rings (SSSR count). The highest BCUT2D eigenvalue weighted by molar-refractivity contribution is 6.05. The van der Waals surface area contributed by atoms with Crippen molar-refractivity contribution in [2.75, 3.05) is 5.32 Å². The number of oxime groups is 1. The van der Waals surface area contributed by atoms with Crippen LogP contribution in [0.15, 0.2) is 47.6 Å². The van der Waals surface area contributed by atoms with Crippen LogP contribution in [0.3, 0.4) is 0 Å². The van der Waals surface area contributed by atoms with Crippen molar-refractivity contribution in [3.8, 4) is 0 Å². The third-order valence-electron chi connectivity index (χ3n) is 2.98. The van der Waals surface area contributed by atoms with Crippen molar-refractivity contribution in [2.45, 2.75) is 6.92 Å². The number of rotatable bonds is 3. The summed E-state index contributed by atoms with van der Waals surface area (Å²) in [5.74, 6) is -0.977. The summed E-state index contributed by atoms with van der Waals surface area (Å²) in [6, 6.07) is 10.4. The number of halogens is 1. The van der Waals surface area contributed by atoms with Gasteiger partial charge in [0.25, 0.3) is 5.91 Å². The number of hydrogen-bond donors (Lipinski definition) is 3. The monoisotopic (exact) mass is 287 g/mol. The molecule has 0 unspecified atom stereocenters. The molecule has 4 N–H and O–H groups in total. The maximum atomic E-state index is 13.1. The zero-order chi connectivity index (χ0) is 15.4. The predicted molar refractivity (Wildman–Crippen MR) is 78.0 cm³/mol. The van der Waals surface area contributed by atoms with E-state index in [1.54, 1.807) is 25.1 Å². The lowest BCUT2D eigenvalue weighted by atomic mass is 10.1. The summed E-state index contributed by atoms with van der Waals surface area (Å²) < 4.78 is 13.1. The SMILES string of the molecule is Cc1ccc(C(N)=NO)cc1NC(=O)c1cccc(F)c1. The lowest BCUT2D eigenvalue weighted by molar-refractivity contribution is 0.102. The first-order valence-electron chi connectivity index (χ1n) is 6.16. The summed E-state index contributed by atoms with van der Waals surface area (Å²) in [6.07, 6.45) is 0. The average Bonchev–Trinajstić information content (AvgIpc) is 2.48. The van der Waals surface area contributed by atoms with Gasteiger partial charge in [0.15, 0.2) is 5.84 Å². The molecule has 0 aromatic heterocycles. The second kappa shape index (κ2) is 6.04. The van der Waals surface area contributed by atoms with E-state index in [4.69, 9.17) is 10.9 Å². The van der Waals surface area contributed by atoms with E-state index in [1.165, 1.54) is 18.2 Å². The maximum absolute atomic E-state index is 13.1. The number of hydrogen-bond acceptors (Lipinski definition) is 3. The lowest BCUT2D eigenvalue weighted by Gasteiger charge is -2.10. The molecule has 108 valence electrons. The molecule has 0 aliphatic rings. The Kier molecular flexibility index (Phi) is 4.18. The molecule has 2 aromatic carbocycles. The van der Waals surface area contributed by atoms with Crippen LogP contribution in [0.2, 0.25) is 0 Å². The number of aryl methyl sites for hydroxylation is 1. The van der Waals surface area contributed by atoms with Crippen LogP contribution >= 0.6 is 0 Å². The van der Waals surface area contributed by atoms with E-state index in [0.717, 1.165) is 11.6 Å². The Morgan fingerprint density at radius 2 is 2.00 bits per heavy atom. The minimum atomic E-state index is -0.482. The van der Waals surface area contributed by atoms with Crippen molar-refractivity contribution in [3.63, 3.8) is 0 Å². The van der Waals surface area contributed by atoms with Gasteiger partial charge >= 0.3 is 0 Å². The summed E-state index contributed by atoms with van der Waals surface area (Å²) in [6.45, 7) is 1.80. The van der Waals surface area contributed by atoms with Gasteiger partial charge in [0.05, 0.1) is 0 Å². The first kappa shape index (κ1) is 14.5. The molecule has 0 aliphatic carbocycles. The fraction of sp³-hybridized carbons (Fsp3) is 0.0667. The van der Waals surface area contributed by atoms with Crippen molar-refractivity contribution >= 4 is 17.4 Å². The highest BCUT2D eigenvalue weighted by Crippen LogP contribution is 2.18. The highest BCUT2D eigenvalue weighted by Gasteiger charge is 2.10. The second-order valence-electron chi connectivity index (χ2n) is 4.48. The first-order valence-corrected chi connectivity index (χ1v) is 6.16. The van der Waals surface area contributed by atoms with E-state index in [1.807, 2.05) is 0 Å². The second-order valence-corrected chi connectivity index (χ2v) is 4.48. The molecule has 0 atom stereocenters. The summed E-state index contributed by atoms with van der Waals surface area (Å²) in [5.41, 5.74) is 7.50. The van der Waals surface area contributed by atoms with Gasteiger partial charge in [0, 0.05) is 16.8 Å². The Bertz CT molecular complexity index is 714. The number of carbonyl (C=O) groups is 1. The number of nitrogens with one attached hydrogen (secondary N) is 1. The molecule has 0 saturated heterocycles. The molecule has 0 saturated carbocycles. The highest BCUT2D eigenvalue weighted by atomic mass is 19.1. The molecule has 1 amide bonds. The largest absolute Gasteiger partial charge is 0.409 e. The number of nitrogens with zero attached hydrogens (tertiary/aromatic N) is 1. The van der Waals surface area contributed by atoms with Crippen LogP contribution in [0.25, 0.3) is 0 Å². The van der Waals surface area contributed by atoms with Crippen molar-refractivity contribution in [2.24, 2.45) is 10.9 Å². The molecular weight excluding hydrogens is 273 g/mol. The molecule has 0 bridgehead atoms. The average molecular weight is 287 g/mol. The molecule has 6 heteroatoms. The van der Waals surface area contributed by atoms with E-state index in [0.29, 0.717) is 11.3 Å². The fourth-order valence-corrected chi connectivity index (χ4v) is 1.80. The van der Waals surface area contributed by atoms with Gasteiger partial charge in [-0.05, 0) is 36.8 Å². The molecule has 0 radical (unpaired) electrons. The first-order chi connectivity index (χ1) is 10.0. The van der Waals surface area contributed by atoms with Gasteiger partial charge in [-0.15, -0.1) is 0 Å². The third-order valence-corrected chi connectivity index (χ3v) is 2.98. The van der Waals surface area contributed by atoms with E-state index in [2.05, 4.69) is 10.5 Å². The maximum Gasteiger partial charge on any atom is 0.255 e. The zero-order valence-corrected chi connectivity index (χ0v) is 11.3. The number of amides is 1. The molecular formula is C15H14FN3O2. The van der Waals surface area contributed by atoms with Crippen LogP contribution in [0.1, 0.15) is 21.5 Å². The van der Waals surface area contributed by atoms with Gasteiger partial charge in [-0.2, -0.15) is 0 Å². The van der Waals surface area contributed by atoms with Gasteiger partial charge < -0.3 is 16.3 Å². The van der Waals surface area contributed by atoms with E-state index in [9.17, 15) is 9.18 Å². The van der Waals surface area contributed by atoms with Crippen LogP contribution in [-0.2, 0) is 0 Å². The van der Waals surface area contributed by atoms with Crippen molar-refractivity contribution in [3.05, 3.63) is 65.0 Å². The fourth-order valence-electron chi connectivity index (χ4n) is 1.80. The Morgan fingerprint density at radius 1 is 1.24 bits per heavy atom. The van der Waals surface area contributed by atoms with Gasteiger partial charge in [-0.25, -0.2) is 4.39 Å². The number of amidine groups is 1. The smallest absolute Gasteiger partial charge is 0.255 e. The molecule has 0 heterocycles. The third kappa shape index (κ3) is 3.36. The molecule has 0 spiro atoms. The Labute approximate surface area is 120 Å². The van der Waals surface area contributed by atoms with Crippen molar-refractivity contribution < 1.29 is 14.4 Å². The summed E-state index contributed by atoms with van der Waals surface area (Å²) in [5, 5.41) is 14.3. The van der Waals surface area contributed by atoms with E-state index >= 15 is 0 Å². The molecule has 21 heavy (non-hydrogen) atoms. The minimum absolute atomic E-state index is 0.0590. The number of nitrogens with two attached hydrogens (primary N) is 1. The topological polar surface area (TPSA) is 87.7 Å².